The quantitative estimate of drug-likeness (QED) is 0.400. The lowest BCUT2D eigenvalue weighted by Crippen LogP contribution is -2.10. The van der Waals surface area contributed by atoms with Crippen LogP contribution in [-0.4, -0.2) is 12.0 Å². The van der Waals surface area contributed by atoms with Crippen LogP contribution in [0, 0.1) is 0 Å². The van der Waals surface area contributed by atoms with Crippen LogP contribution in [0.25, 0.3) is 0 Å². The van der Waals surface area contributed by atoms with Gasteiger partial charge in [-0.1, -0.05) is 24.3 Å². The Bertz CT molecular complexity index is 330. The average molecular weight is 401 g/mol. The first-order chi connectivity index (χ1) is 8.16. The van der Waals surface area contributed by atoms with E-state index in [0.29, 0.717) is 12.1 Å². The van der Waals surface area contributed by atoms with Gasteiger partial charge >= 0.3 is 12.0 Å². The fourth-order valence-electron chi connectivity index (χ4n) is 1.44. The third-order valence-electron chi connectivity index (χ3n) is 2.42. The summed E-state index contributed by atoms with van der Waals surface area (Å²) in [6.07, 6.45) is 1.59. The van der Waals surface area contributed by atoms with Gasteiger partial charge in [-0.05, 0) is 36.1 Å². The third-order valence-corrected chi connectivity index (χ3v) is 7.45. The van der Waals surface area contributed by atoms with Gasteiger partial charge in [0, 0.05) is 0 Å². The summed E-state index contributed by atoms with van der Waals surface area (Å²) in [5.41, 5.74) is 2.34. The SMILES string of the molecule is Cl[Si](Cl)(Cl)CCc1ccc(CC[Si](Cl)(Cl)Cl)cc1. The molecule has 0 radical (unpaired) electrons. The molecule has 0 aliphatic heterocycles. The second kappa shape index (κ2) is 7.42. The topological polar surface area (TPSA) is 0 Å². The van der Waals surface area contributed by atoms with Crippen molar-refractivity contribution in [3.63, 3.8) is 0 Å². The van der Waals surface area contributed by atoms with Crippen LogP contribution < -0.4 is 0 Å². The highest BCUT2D eigenvalue weighted by Gasteiger charge is 2.25. The number of rotatable bonds is 6. The normalized spacial score (nSPS) is 12.8. The second-order valence-electron chi connectivity index (χ2n) is 4.05. The molecule has 0 saturated heterocycles. The van der Waals surface area contributed by atoms with Gasteiger partial charge in [-0.15, -0.1) is 66.5 Å². The molecule has 0 aliphatic carbocycles. The molecular formula is C10H12Cl6Si2. The predicted octanol–water partition coefficient (Wildman–Crippen LogP) is 6.08. The standard InChI is InChI=1S/C10H12Cl6Si2/c11-17(12,13)7-5-9-1-2-10(4-3-9)6-8-18(14,15)16/h1-4H,5-8H2. The van der Waals surface area contributed by atoms with E-state index < -0.39 is 12.0 Å². The Hall–Kier alpha value is 1.39. The first kappa shape index (κ1) is 17.4. The maximum atomic E-state index is 5.84. The summed E-state index contributed by atoms with van der Waals surface area (Å²) in [6, 6.07) is 4.39. The van der Waals surface area contributed by atoms with Crippen molar-refractivity contribution < 1.29 is 0 Å². The maximum Gasteiger partial charge on any atom is 0.341 e. The van der Waals surface area contributed by atoms with Gasteiger partial charge in [0.1, 0.15) is 0 Å². The Morgan fingerprint density at radius 3 is 1.11 bits per heavy atom. The van der Waals surface area contributed by atoms with Gasteiger partial charge in [-0.2, -0.15) is 0 Å². The zero-order valence-electron chi connectivity index (χ0n) is 9.41. The first-order valence-electron chi connectivity index (χ1n) is 5.37. The predicted molar refractivity (Wildman–Crippen MR) is 90.1 cm³/mol. The van der Waals surface area contributed by atoms with Crippen molar-refractivity contribution in [2.45, 2.75) is 24.9 Å². The van der Waals surface area contributed by atoms with E-state index in [1.165, 1.54) is 11.1 Å². The molecule has 0 bridgehead atoms. The molecule has 0 fully saturated rings. The second-order valence-corrected chi connectivity index (χ2v) is 22.6. The van der Waals surface area contributed by atoms with Crippen LogP contribution in [0.3, 0.4) is 0 Å². The molecule has 0 nitrogen and oxygen atoms in total. The average Bonchev–Trinajstić information content (AvgIpc) is 2.23. The van der Waals surface area contributed by atoms with Gasteiger partial charge in [-0.3, -0.25) is 0 Å². The van der Waals surface area contributed by atoms with Gasteiger partial charge < -0.3 is 0 Å². The molecule has 0 amide bonds. The molecule has 8 heteroatoms. The van der Waals surface area contributed by atoms with Gasteiger partial charge in [0.05, 0.1) is 0 Å². The van der Waals surface area contributed by atoms with E-state index in [4.69, 9.17) is 66.5 Å². The molecule has 0 spiro atoms. The van der Waals surface area contributed by atoms with Crippen molar-refractivity contribution in [1.82, 2.24) is 0 Å². The molecule has 0 unspecified atom stereocenters. The molecule has 0 N–H and O–H groups in total. The lowest BCUT2D eigenvalue weighted by molar-refractivity contribution is 1.09. The molecule has 102 valence electrons. The van der Waals surface area contributed by atoms with E-state index in [-0.39, 0.29) is 0 Å². The molecule has 1 aromatic rings. The monoisotopic (exact) mass is 398 g/mol. The summed E-state index contributed by atoms with van der Waals surface area (Å²) in [7, 11) is 0. The van der Waals surface area contributed by atoms with Crippen LogP contribution in [0.2, 0.25) is 12.1 Å². The van der Waals surface area contributed by atoms with E-state index in [1.807, 2.05) is 24.3 Å². The van der Waals surface area contributed by atoms with E-state index in [2.05, 4.69) is 0 Å². The van der Waals surface area contributed by atoms with Crippen LogP contribution in [0.1, 0.15) is 11.1 Å². The van der Waals surface area contributed by atoms with E-state index in [1.54, 1.807) is 0 Å². The van der Waals surface area contributed by atoms with Crippen molar-refractivity contribution in [2.24, 2.45) is 0 Å². The minimum absolute atomic E-state index is 0.637. The summed E-state index contributed by atoms with van der Waals surface area (Å²) < 4.78 is 0. The molecule has 0 aliphatic rings. The van der Waals surface area contributed by atoms with Crippen LogP contribution in [0.15, 0.2) is 24.3 Å². The van der Waals surface area contributed by atoms with E-state index in [9.17, 15) is 0 Å². The molecule has 1 aromatic carbocycles. The number of hydrogen-bond acceptors (Lipinski definition) is 0. The summed E-state index contributed by atoms with van der Waals surface area (Å²) in [6.45, 7) is 0. The number of hydrogen-bond donors (Lipinski definition) is 0. The van der Waals surface area contributed by atoms with Crippen LogP contribution in [0.5, 0.6) is 0 Å². The van der Waals surface area contributed by atoms with E-state index >= 15 is 0 Å². The summed E-state index contributed by atoms with van der Waals surface area (Å²) in [5, 5.41) is 0. The van der Waals surface area contributed by atoms with Crippen molar-refractivity contribution in [2.75, 3.05) is 0 Å². The van der Waals surface area contributed by atoms with Crippen LogP contribution in [-0.2, 0) is 12.8 Å². The highest BCUT2D eigenvalue weighted by Crippen LogP contribution is 2.28. The first-order valence-corrected chi connectivity index (χ1v) is 15.9. The van der Waals surface area contributed by atoms with Crippen molar-refractivity contribution in [3.05, 3.63) is 35.4 Å². The highest BCUT2D eigenvalue weighted by atomic mass is 35.8. The lowest BCUT2D eigenvalue weighted by Gasteiger charge is -2.09. The molecule has 0 atom stereocenters. The Morgan fingerprint density at radius 1 is 0.611 bits per heavy atom. The van der Waals surface area contributed by atoms with Gasteiger partial charge in [0.25, 0.3) is 0 Å². The van der Waals surface area contributed by atoms with Gasteiger partial charge in [-0.25, -0.2) is 0 Å². The zero-order chi connectivity index (χ0) is 13.8. The fraction of sp³-hybridized carbons (Fsp3) is 0.400. The van der Waals surface area contributed by atoms with Crippen LogP contribution >= 0.6 is 66.5 Å². The minimum Gasteiger partial charge on any atom is -0.126 e. The lowest BCUT2D eigenvalue weighted by atomic mass is 10.1. The molecular weight excluding hydrogens is 389 g/mol. The number of halogens is 6. The summed E-state index contributed by atoms with van der Waals surface area (Å²) in [4.78, 5) is 0. The highest BCUT2D eigenvalue weighted by molar-refractivity contribution is 7.65. The smallest absolute Gasteiger partial charge is 0.126 e. The summed E-state index contributed by atoms with van der Waals surface area (Å²) in [5.74, 6) is 0. The Kier molecular flexibility index (Phi) is 7.19. The molecule has 1 rings (SSSR count). The Labute approximate surface area is 138 Å². The Balaban J connectivity index is 2.48. The maximum absolute atomic E-state index is 5.84. The van der Waals surface area contributed by atoms with Crippen LogP contribution in [0.4, 0.5) is 0 Å². The molecule has 0 aromatic heterocycles. The minimum atomic E-state index is -2.52. The molecule has 0 heterocycles. The Morgan fingerprint density at radius 2 is 0.889 bits per heavy atom. The zero-order valence-corrected chi connectivity index (χ0v) is 15.9. The fourth-order valence-corrected chi connectivity index (χ4v) is 4.29. The molecule has 0 saturated carbocycles. The largest absolute Gasteiger partial charge is 0.341 e. The number of aryl methyl sites for hydroxylation is 2. The van der Waals surface area contributed by atoms with Gasteiger partial charge in [0.2, 0.25) is 0 Å². The van der Waals surface area contributed by atoms with E-state index in [0.717, 1.165) is 12.8 Å². The third kappa shape index (κ3) is 8.54. The van der Waals surface area contributed by atoms with Crippen molar-refractivity contribution in [3.8, 4) is 0 Å². The van der Waals surface area contributed by atoms with Crippen molar-refractivity contribution in [1.29, 1.82) is 0 Å². The van der Waals surface area contributed by atoms with Crippen molar-refractivity contribution >= 4 is 78.5 Å². The summed E-state index contributed by atoms with van der Waals surface area (Å²) >= 11 is 35.1. The number of benzene rings is 1. The molecule has 18 heavy (non-hydrogen) atoms. The van der Waals surface area contributed by atoms with Gasteiger partial charge in [0.15, 0.2) is 0 Å².